The van der Waals surface area contributed by atoms with Crippen LogP contribution in [0.4, 0.5) is 0 Å². The Labute approximate surface area is 52.4 Å². The van der Waals surface area contributed by atoms with Gasteiger partial charge in [0, 0.05) is 21.1 Å². The van der Waals surface area contributed by atoms with Crippen LogP contribution in [0.3, 0.4) is 0 Å². The van der Waals surface area contributed by atoms with E-state index in [2.05, 4.69) is 6.92 Å². The Bertz CT molecular complexity index is 42.8. The maximum absolute atomic E-state index is 9.75. The maximum Gasteiger partial charge on any atom is 0.0998 e. The van der Waals surface area contributed by atoms with E-state index in [9.17, 15) is 4.79 Å². The van der Waals surface area contributed by atoms with E-state index >= 15 is 0 Å². The zero-order valence-corrected chi connectivity index (χ0v) is 6.66. The number of ketones is 1. The molecule has 0 heterocycles. The smallest absolute Gasteiger partial charge is 0.0998 e. The Morgan fingerprint density at radius 2 is 2.00 bits per heavy atom. The van der Waals surface area contributed by atoms with Gasteiger partial charge in [0.2, 0.25) is 0 Å². The molecule has 6 heavy (non-hydrogen) atoms. The first kappa shape index (κ1) is 9.61. The van der Waals surface area contributed by atoms with Gasteiger partial charge in [-0.15, -0.1) is 6.42 Å². The molecule has 2 heteroatoms. The molecule has 0 aliphatic heterocycles. The molecule has 0 bridgehead atoms. The van der Waals surface area contributed by atoms with Crippen LogP contribution in [0.25, 0.3) is 0 Å². The van der Waals surface area contributed by atoms with Crippen LogP contribution in [0.15, 0.2) is 0 Å². The Morgan fingerprint density at radius 3 is 2.00 bits per heavy atom. The Hall–Kier alpha value is 0.358. The molecule has 0 fully saturated rings. The molecular weight excluding hydrogens is 248 g/mol. The minimum Gasteiger partial charge on any atom is -0.336 e. The van der Waals surface area contributed by atoms with Crippen molar-refractivity contribution in [3.05, 3.63) is 6.92 Å². The van der Waals surface area contributed by atoms with Gasteiger partial charge in [-0.05, 0) is 6.92 Å². The molecule has 0 radical (unpaired) electrons. The monoisotopic (exact) mass is 255 g/mol. The second-order valence-electron chi connectivity index (χ2n) is 0.952. The van der Waals surface area contributed by atoms with E-state index < -0.39 is 0 Å². The third kappa shape index (κ3) is 8.84. The van der Waals surface area contributed by atoms with Crippen LogP contribution in [0, 0.1) is 6.92 Å². The normalized spacial score (nSPS) is 6.33. The summed E-state index contributed by atoms with van der Waals surface area (Å²) in [5, 5.41) is 0. The van der Waals surface area contributed by atoms with Gasteiger partial charge in [0.05, 0.1) is 5.78 Å². The standard InChI is InChI=1S/C4H7O.W/c1-3-4(2)5;/h1,3H2,2H3;/q-1;. The first-order valence-electron chi connectivity index (χ1n) is 1.56. The fraction of sp³-hybridized carbons (Fsp3) is 0.500. The van der Waals surface area contributed by atoms with Crippen molar-refractivity contribution in [2.45, 2.75) is 13.3 Å². The van der Waals surface area contributed by atoms with Gasteiger partial charge in [-0.3, -0.25) is 0 Å². The summed E-state index contributed by atoms with van der Waals surface area (Å²) in [6.45, 7) is 4.86. The molecule has 0 aromatic rings. The van der Waals surface area contributed by atoms with Crippen LogP contribution >= 0.6 is 0 Å². The summed E-state index contributed by atoms with van der Waals surface area (Å²) in [5.41, 5.74) is 0. The number of carbonyl (C=O) groups excluding carboxylic acids is 1. The summed E-state index contributed by atoms with van der Waals surface area (Å²) < 4.78 is 0. The largest absolute Gasteiger partial charge is 0.336 e. The van der Waals surface area contributed by atoms with E-state index in [1.165, 1.54) is 6.92 Å². The van der Waals surface area contributed by atoms with Gasteiger partial charge in [0.25, 0.3) is 0 Å². The molecule has 0 aliphatic rings. The molecule has 0 unspecified atom stereocenters. The number of carbonyl (C=O) groups is 1. The zero-order chi connectivity index (χ0) is 4.28. The average molecular weight is 255 g/mol. The summed E-state index contributed by atoms with van der Waals surface area (Å²) in [6, 6.07) is 0. The first-order valence-corrected chi connectivity index (χ1v) is 1.56. The Balaban J connectivity index is 0. The van der Waals surface area contributed by atoms with Gasteiger partial charge < -0.3 is 11.7 Å². The molecule has 36 valence electrons. The van der Waals surface area contributed by atoms with E-state index in [4.69, 9.17) is 0 Å². The minimum atomic E-state index is 0. The van der Waals surface area contributed by atoms with Gasteiger partial charge in [-0.1, -0.05) is 0 Å². The quantitative estimate of drug-likeness (QED) is 0.633. The molecule has 0 aromatic heterocycles. The third-order valence-electron chi connectivity index (χ3n) is 0.352. The third-order valence-corrected chi connectivity index (χ3v) is 0.352. The number of rotatable bonds is 1. The SMILES string of the molecule is [CH2-]CC(C)=O.[W]. The van der Waals surface area contributed by atoms with Crippen LogP contribution in [0.2, 0.25) is 0 Å². The summed E-state index contributed by atoms with van der Waals surface area (Å²) >= 11 is 0. The van der Waals surface area contributed by atoms with Crippen LogP contribution in [-0.2, 0) is 25.9 Å². The maximum atomic E-state index is 9.75. The summed E-state index contributed by atoms with van der Waals surface area (Å²) in [4.78, 5) is 9.75. The molecule has 0 N–H and O–H groups in total. The molecule has 1 nitrogen and oxygen atoms in total. The first-order chi connectivity index (χ1) is 2.27. The predicted octanol–water partition coefficient (Wildman–Crippen LogP) is 0.797. The molecule has 0 rings (SSSR count). The van der Waals surface area contributed by atoms with Crippen LogP contribution in [0.5, 0.6) is 0 Å². The van der Waals surface area contributed by atoms with Crippen LogP contribution in [-0.4, -0.2) is 5.78 Å². The van der Waals surface area contributed by atoms with Gasteiger partial charge >= 0.3 is 0 Å². The zero-order valence-electron chi connectivity index (χ0n) is 3.73. The fourth-order valence-corrected chi connectivity index (χ4v) is 0. The molecule has 0 amide bonds. The second kappa shape index (κ2) is 5.36. The fourth-order valence-electron chi connectivity index (χ4n) is 0. The van der Waals surface area contributed by atoms with Crippen molar-refractivity contribution in [3.63, 3.8) is 0 Å². The van der Waals surface area contributed by atoms with Gasteiger partial charge in [0.15, 0.2) is 0 Å². The van der Waals surface area contributed by atoms with Gasteiger partial charge in [0.1, 0.15) is 0 Å². The molecule has 0 aliphatic carbocycles. The summed E-state index contributed by atoms with van der Waals surface area (Å²) in [6.07, 6.45) is 0.417. The van der Waals surface area contributed by atoms with E-state index in [0.717, 1.165) is 0 Å². The number of hydrogen-bond acceptors (Lipinski definition) is 1. The average Bonchev–Trinajstić information content (AvgIpc) is 1.38. The van der Waals surface area contributed by atoms with E-state index in [-0.39, 0.29) is 26.8 Å². The number of hydrogen-bond donors (Lipinski definition) is 0. The van der Waals surface area contributed by atoms with E-state index in [0.29, 0.717) is 6.42 Å². The minimum absolute atomic E-state index is 0. The van der Waals surface area contributed by atoms with Crippen LogP contribution < -0.4 is 0 Å². The van der Waals surface area contributed by atoms with Crippen molar-refractivity contribution in [2.24, 2.45) is 0 Å². The predicted molar refractivity (Wildman–Crippen MR) is 20.7 cm³/mol. The topological polar surface area (TPSA) is 17.1 Å². The van der Waals surface area contributed by atoms with Crippen molar-refractivity contribution in [1.29, 1.82) is 0 Å². The second-order valence-corrected chi connectivity index (χ2v) is 0.952. The van der Waals surface area contributed by atoms with Crippen molar-refractivity contribution < 1.29 is 25.9 Å². The van der Waals surface area contributed by atoms with Gasteiger partial charge in [-0.2, -0.15) is 0 Å². The molecule has 0 saturated heterocycles. The van der Waals surface area contributed by atoms with Gasteiger partial charge in [-0.25, -0.2) is 0 Å². The number of Topliss-reactive ketones (excluding diaryl/α,β-unsaturated/α-hetero) is 1. The van der Waals surface area contributed by atoms with E-state index in [1.807, 2.05) is 0 Å². The molecule has 0 spiro atoms. The summed E-state index contributed by atoms with van der Waals surface area (Å²) in [5.74, 6) is 0.144. The van der Waals surface area contributed by atoms with Crippen molar-refractivity contribution in [1.82, 2.24) is 0 Å². The molecule has 0 aromatic carbocycles. The van der Waals surface area contributed by atoms with Crippen molar-refractivity contribution in [2.75, 3.05) is 0 Å². The van der Waals surface area contributed by atoms with Crippen molar-refractivity contribution >= 4 is 5.78 Å². The molecule has 0 saturated carbocycles. The molecular formula is C4H7OW-. The van der Waals surface area contributed by atoms with Crippen molar-refractivity contribution in [3.8, 4) is 0 Å². The van der Waals surface area contributed by atoms with E-state index in [1.54, 1.807) is 0 Å². The Morgan fingerprint density at radius 1 is 1.83 bits per heavy atom. The molecule has 0 atom stereocenters. The summed E-state index contributed by atoms with van der Waals surface area (Å²) in [7, 11) is 0. The Kier molecular flexibility index (Phi) is 8.58. The van der Waals surface area contributed by atoms with Crippen LogP contribution in [0.1, 0.15) is 13.3 Å².